The van der Waals surface area contributed by atoms with Gasteiger partial charge in [-0.3, -0.25) is 0 Å². The maximum absolute atomic E-state index is 5.38. The van der Waals surface area contributed by atoms with Gasteiger partial charge < -0.3 is 4.57 Å². The molecule has 0 spiro atoms. The molecule has 0 saturated carbocycles. The van der Waals surface area contributed by atoms with Crippen LogP contribution < -0.4 is 0 Å². The summed E-state index contributed by atoms with van der Waals surface area (Å²) in [7, 11) is 0. The van der Waals surface area contributed by atoms with Crippen molar-refractivity contribution < 1.29 is 0 Å². The highest BCUT2D eigenvalue weighted by Crippen LogP contribution is 2.40. The van der Waals surface area contributed by atoms with Crippen molar-refractivity contribution in [1.29, 1.82) is 0 Å². The number of rotatable bonds is 6. The van der Waals surface area contributed by atoms with Gasteiger partial charge in [0, 0.05) is 47.6 Å². The van der Waals surface area contributed by atoms with Gasteiger partial charge in [-0.05, 0) is 92.3 Å². The minimum Gasteiger partial charge on any atom is -0.308 e. The third kappa shape index (κ3) is 6.01. The molecule has 0 amide bonds. The average Bonchev–Trinajstić information content (AvgIpc) is 3.91. The topological polar surface area (TPSA) is 43.6 Å². The van der Waals surface area contributed by atoms with Crippen LogP contribution in [0, 0.1) is 0 Å². The number of para-hydroxylation sites is 2. The second-order valence-corrected chi connectivity index (χ2v) is 17.5. The molecule has 5 heteroatoms. The van der Waals surface area contributed by atoms with E-state index < -0.39 is 0 Å². The smallest absolute Gasteiger partial charge is 0.166 e. The number of nitrogens with zero attached hydrogens (tertiary/aromatic N) is 4. The molecule has 298 valence electrons. The van der Waals surface area contributed by atoms with Crippen LogP contribution in [0.4, 0.5) is 0 Å². The van der Waals surface area contributed by atoms with Gasteiger partial charge in [0.1, 0.15) is 0 Å². The van der Waals surface area contributed by atoms with E-state index in [2.05, 4.69) is 223 Å². The van der Waals surface area contributed by atoms with Crippen LogP contribution in [0.3, 0.4) is 0 Å². The standard InChI is InChI=1S/C59H36N4S/c1-2-12-37(13-3-1)42-28-32-50(54(36-42)63-52-19-9-6-16-47(52)48-17-7-10-20-53(48)63)59-61-57(60-58(62-59)44-29-31-46-43(34-44)27-24-39-14-4-5-15-45(39)46)40-25-22-38(23-26-40)41-30-33-56-51(35-41)49-18-8-11-21-55(49)64-56/h1-36H. The van der Waals surface area contributed by atoms with E-state index in [9.17, 15) is 0 Å². The fraction of sp³-hybridized carbons (Fsp3) is 0. The molecule has 10 aromatic carbocycles. The molecular weight excluding hydrogens is 797 g/mol. The molecule has 0 aliphatic rings. The van der Waals surface area contributed by atoms with Crippen LogP contribution in [0.1, 0.15) is 0 Å². The Morgan fingerprint density at radius 2 is 0.828 bits per heavy atom. The molecule has 3 aromatic heterocycles. The van der Waals surface area contributed by atoms with Crippen LogP contribution in [0.2, 0.25) is 0 Å². The fourth-order valence-corrected chi connectivity index (χ4v) is 10.6. The lowest BCUT2D eigenvalue weighted by molar-refractivity contribution is 1.07. The van der Waals surface area contributed by atoms with Gasteiger partial charge in [-0.2, -0.15) is 0 Å². The van der Waals surface area contributed by atoms with Crippen LogP contribution in [0.15, 0.2) is 218 Å². The number of fused-ring (bicyclic) bond motifs is 9. The zero-order chi connectivity index (χ0) is 42.1. The molecule has 0 radical (unpaired) electrons. The Morgan fingerprint density at radius 1 is 0.297 bits per heavy atom. The van der Waals surface area contributed by atoms with E-state index >= 15 is 0 Å². The number of thiophene rings is 1. The molecule has 0 aliphatic heterocycles. The van der Waals surface area contributed by atoms with E-state index in [1.807, 2.05) is 11.3 Å². The maximum Gasteiger partial charge on any atom is 0.166 e. The molecule has 3 heterocycles. The second-order valence-electron chi connectivity index (χ2n) is 16.4. The number of hydrogen-bond acceptors (Lipinski definition) is 4. The van der Waals surface area contributed by atoms with Crippen molar-refractivity contribution in [2.75, 3.05) is 0 Å². The summed E-state index contributed by atoms with van der Waals surface area (Å²) in [6.45, 7) is 0. The number of hydrogen-bond donors (Lipinski definition) is 0. The summed E-state index contributed by atoms with van der Waals surface area (Å²) in [6.07, 6.45) is 0. The minimum absolute atomic E-state index is 0.606. The Labute approximate surface area is 373 Å². The zero-order valence-electron chi connectivity index (χ0n) is 34.5. The molecule has 0 N–H and O–H groups in total. The summed E-state index contributed by atoms with van der Waals surface area (Å²) < 4.78 is 4.98. The first kappa shape index (κ1) is 36.4. The highest BCUT2D eigenvalue weighted by Gasteiger charge is 2.21. The second kappa shape index (κ2) is 14.7. The summed E-state index contributed by atoms with van der Waals surface area (Å²) in [6, 6.07) is 78.2. The highest BCUT2D eigenvalue weighted by atomic mass is 32.1. The summed E-state index contributed by atoms with van der Waals surface area (Å²) in [4.78, 5) is 16.0. The van der Waals surface area contributed by atoms with Crippen molar-refractivity contribution in [3.8, 4) is 62.1 Å². The van der Waals surface area contributed by atoms with Gasteiger partial charge in [-0.1, -0.05) is 170 Å². The van der Waals surface area contributed by atoms with Crippen molar-refractivity contribution in [3.05, 3.63) is 218 Å². The highest BCUT2D eigenvalue weighted by molar-refractivity contribution is 7.25. The lowest BCUT2D eigenvalue weighted by atomic mass is 9.99. The Bertz CT molecular complexity index is 3900. The van der Waals surface area contributed by atoms with Crippen molar-refractivity contribution in [2.24, 2.45) is 0 Å². The molecule has 4 nitrogen and oxygen atoms in total. The Hall–Kier alpha value is -8.25. The lowest BCUT2D eigenvalue weighted by Crippen LogP contribution is -2.04. The van der Waals surface area contributed by atoms with Gasteiger partial charge >= 0.3 is 0 Å². The van der Waals surface area contributed by atoms with E-state index in [-0.39, 0.29) is 0 Å². The normalized spacial score (nSPS) is 11.8. The first-order valence-corrected chi connectivity index (χ1v) is 22.4. The summed E-state index contributed by atoms with van der Waals surface area (Å²) in [5, 5.41) is 9.76. The Balaban J connectivity index is 1.02. The van der Waals surface area contributed by atoms with Crippen molar-refractivity contribution >= 4 is 74.9 Å². The average molecular weight is 833 g/mol. The monoisotopic (exact) mass is 832 g/mol. The van der Waals surface area contributed by atoms with Crippen molar-refractivity contribution in [1.82, 2.24) is 19.5 Å². The van der Waals surface area contributed by atoms with Crippen LogP contribution in [-0.2, 0) is 0 Å². The third-order valence-electron chi connectivity index (χ3n) is 12.7. The van der Waals surface area contributed by atoms with E-state index in [1.54, 1.807) is 0 Å². The lowest BCUT2D eigenvalue weighted by Gasteiger charge is -2.16. The van der Waals surface area contributed by atoms with Crippen LogP contribution >= 0.6 is 11.3 Å². The molecular formula is C59H36N4S. The molecule has 0 bridgehead atoms. The first-order valence-electron chi connectivity index (χ1n) is 21.6. The molecule has 0 unspecified atom stereocenters. The Morgan fingerprint density at radius 3 is 1.62 bits per heavy atom. The number of benzene rings is 10. The molecule has 13 rings (SSSR count). The third-order valence-corrected chi connectivity index (χ3v) is 13.8. The minimum atomic E-state index is 0.606. The Kier molecular flexibility index (Phi) is 8.36. The van der Waals surface area contributed by atoms with Crippen LogP contribution in [-0.4, -0.2) is 19.5 Å². The van der Waals surface area contributed by atoms with E-state index in [0.717, 1.165) is 55.5 Å². The largest absolute Gasteiger partial charge is 0.308 e. The van der Waals surface area contributed by atoms with Gasteiger partial charge in [0.2, 0.25) is 0 Å². The SMILES string of the molecule is c1ccc(-c2ccc(-c3nc(-c4ccc(-c5ccc6sc7ccccc7c6c5)cc4)nc(-c4ccc5c(ccc6ccccc65)c4)n3)c(-n3c4ccccc4c4ccccc43)c2)cc1. The van der Waals surface area contributed by atoms with Gasteiger partial charge in [-0.25, -0.2) is 15.0 Å². The summed E-state index contributed by atoms with van der Waals surface area (Å²) >= 11 is 1.84. The first-order chi connectivity index (χ1) is 31.7. The van der Waals surface area contributed by atoms with E-state index in [0.29, 0.717) is 17.5 Å². The molecule has 0 saturated heterocycles. The predicted molar refractivity (Wildman–Crippen MR) is 269 cm³/mol. The fourth-order valence-electron chi connectivity index (χ4n) is 9.52. The van der Waals surface area contributed by atoms with Crippen molar-refractivity contribution in [3.63, 3.8) is 0 Å². The molecule has 13 aromatic rings. The number of aromatic nitrogens is 4. The van der Waals surface area contributed by atoms with Gasteiger partial charge in [0.05, 0.1) is 16.7 Å². The molecule has 0 fully saturated rings. The maximum atomic E-state index is 5.38. The van der Waals surface area contributed by atoms with Gasteiger partial charge in [0.25, 0.3) is 0 Å². The van der Waals surface area contributed by atoms with Gasteiger partial charge in [-0.15, -0.1) is 11.3 Å². The molecule has 0 atom stereocenters. The quantitative estimate of drug-likeness (QED) is 0.157. The van der Waals surface area contributed by atoms with Gasteiger partial charge in [0.15, 0.2) is 17.5 Å². The predicted octanol–water partition coefficient (Wildman–Crippen LogP) is 16.0. The van der Waals surface area contributed by atoms with Crippen molar-refractivity contribution in [2.45, 2.75) is 0 Å². The zero-order valence-corrected chi connectivity index (χ0v) is 35.3. The molecule has 0 aliphatic carbocycles. The van der Waals surface area contributed by atoms with Crippen LogP contribution in [0.5, 0.6) is 0 Å². The summed E-state index contributed by atoms with van der Waals surface area (Å²) in [5.41, 5.74) is 10.6. The summed E-state index contributed by atoms with van der Waals surface area (Å²) in [5.74, 6) is 1.84. The molecule has 64 heavy (non-hydrogen) atoms. The van der Waals surface area contributed by atoms with Crippen LogP contribution in [0.25, 0.3) is 126 Å². The van der Waals surface area contributed by atoms with E-state index in [4.69, 9.17) is 15.0 Å². The van der Waals surface area contributed by atoms with E-state index in [1.165, 1.54) is 52.7 Å².